The minimum absolute atomic E-state index is 0.188. The van der Waals surface area contributed by atoms with Crippen LogP contribution in [0.25, 0.3) is 0 Å². The minimum Gasteiger partial charge on any atom is -0.389 e. The third-order valence-electron chi connectivity index (χ3n) is 1.56. The van der Waals surface area contributed by atoms with Crippen LogP contribution < -0.4 is 11.1 Å². The molecule has 0 bridgehead atoms. The molecule has 14 heavy (non-hydrogen) atoms. The molecule has 3 N–H and O–H groups in total. The number of nitrogens with two attached hydrogens (primary N) is 1. The Balaban J connectivity index is 3.08. The van der Waals surface area contributed by atoms with Crippen LogP contribution in [0.5, 0.6) is 0 Å². The topological polar surface area (TPSA) is 55.1 Å². The van der Waals surface area contributed by atoms with Crippen LogP contribution in [0, 0.1) is 0 Å². The fourth-order valence-electron chi connectivity index (χ4n) is 0.964. The summed E-state index contributed by atoms with van der Waals surface area (Å²) in [6.07, 6.45) is 0. The molecule has 0 aliphatic carbocycles. The third kappa shape index (κ3) is 2.68. The van der Waals surface area contributed by atoms with Gasteiger partial charge in [0, 0.05) is 12.5 Å². The molecule has 5 heteroatoms. The Morgan fingerprint density at radius 2 is 2.21 bits per heavy atom. The van der Waals surface area contributed by atoms with E-state index in [0.29, 0.717) is 16.3 Å². The lowest BCUT2D eigenvalue weighted by Gasteiger charge is -2.06. The van der Waals surface area contributed by atoms with E-state index in [9.17, 15) is 4.79 Å². The molecule has 0 radical (unpaired) electrons. The van der Waals surface area contributed by atoms with Crippen molar-refractivity contribution in [3.8, 4) is 0 Å². The number of nitrogens with one attached hydrogen (secondary N) is 1. The smallest absolute Gasteiger partial charge is 0.221 e. The van der Waals surface area contributed by atoms with Crippen LogP contribution in [0.4, 0.5) is 5.69 Å². The minimum atomic E-state index is -0.188. The Bertz CT molecular complexity index is 392. The van der Waals surface area contributed by atoms with E-state index in [4.69, 9.17) is 29.6 Å². The molecule has 0 aliphatic rings. The zero-order valence-electron chi connectivity index (χ0n) is 7.50. The van der Waals surface area contributed by atoms with Crippen molar-refractivity contribution >= 4 is 40.4 Å². The number of halogens is 1. The lowest BCUT2D eigenvalue weighted by Crippen LogP contribution is -2.11. The summed E-state index contributed by atoms with van der Waals surface area (Å²) in [5.74, 6) is -0.188. The van der Waals surface area contributed by atoms with E-state index in [1.54, 1.807) is 18.2 Å². The molecule has 1 aromatic carbocycles. The second-order valence-electron chi connectivity index (χ2n) is 2.74. The Morgan fingerprint density at radius 1 is 1.57 bits per heavy atom. The maximum atomic E-state index is 10.8. The summed E-state index contributed by atoms with van der Waals surface area (Å²) in [6.45, 7) is 1.41. The van der Waals surface area contributed by atoms with Crippen molar-refractivity contribution in [1.82, 2.24) is 0 Å². The molecule has 0 saturated carbocycles. The van der Waals surface area contributed by atoms with Crippen molar-refractivity contribution in [2.75, 3.05) is 5.32 Å². The highest BCUT2D eigenvalue weighted by atomic mass is 35.5. The zero-order valence-corrected chi connectivity index (χ0v) is 9.08. The number of thiocarbonyl (C=S) groups is 1. The van der Waals surface area contributed by atoms with Gasteiger partial charge in [-0.1, -0.05) is 29.9 Å². The predicted molar refractivity (Wildman–Crippen MR) is 61.6 cm³/mol. The number of hydrogen-bond acceptors (Lipinski definition) is 2. The number of rotatable bonds is 2. The van der Waals surface area contributed by atoms with Gasteiger partial charge in [0.1, 0.15) is 4.99 Å². The quantitative estimate of drug-likeness (QED) is 0.761. The molecule has 1 aromatic rings. The van der Waals surface area contributed by atoms with E-state index in [-0.39, 0.29) is 10.9 Å². The fourth-order valence-corrected chi connectivity index (χ4v) is 1.26. The van der Waals surface area contributed by atoms with Crippen molar-refractivity contribution in [1.29, 1.82) is 0 Å². The number of hydrogen-bond donors (Lipinski definition) is 2. The first-order valence-electron chi connectivity index (χ1n) is 3.87. The van der Waals surface area contributed by atoms with E-state index in [2.05, 4.69) is 5.32 Å². The summed E-state index contributed by atoms with van der Waals surface area (Å²) in [7, 11) is 0. The van der Waals surface area contributed by atoms with E-state index in [1.165, 1.54) is 6.92 Å². The second-order valence-corrected chi connectivity index (χ2v) is 3.59. The van der Waals surface area contributed by atoms with Gasteiger partial charge < -0.3 is 11.1 Å². The van der Waals surface area contributed by atoms with Crippen LogP contribution in [0.2, 0.25) is 5.02 Å². The number of carbonyl (C=O) groups excluding carboxylic acids is 1. The molecular formula is C9H9ClN2OS. The average Bonchev–Trinajstić information content (AvgIpc) is 2.07. The van der Waals surface area contributed by atoms with E-state index in [0.717, 1.165) is 0 Å². The van der Waals surface area contributed by atoms with Gasteiger partial charge in [-0.25, -0.2) is 0 Å². The van der Waals surface area contributed by atoms with E-state index in [1.807, 2.05) is 0 Å². The predicted octanol–water partition coefficient (Wildman–Crippen LogP) is 1.93. The first kappa shape index (κ1) is 10.9. The zero-order chi connectivity index (χ0) is 10.7. The fraction of sp³-hybridized carbons (Fsp3) is 0.111. The molecule has 3 nitrogen and oxygen atoms in total. The summed E-state index contributed by atoms with van der Waals surface area (Å²) in [6, 6.07) is 4.99. The summed E-state index contributed by atoms with van der Waals surface area (Å²) >= 11 is 10.6. The summed E-state index contributed by atoms with van der Waals surface area (Å²) in [5.41, 5.74) is 6.63. The highest BCUT2D eigenvalue weighted by molar-refractivity contribution is 7.80. The highest BCUT2D eigenvalue weighted by Crippen LogP contribution is 2.22. The molecular weight excluding hydrogens is 220 g/mol. The monoisotopic (exact) mass is 228 g/mol. The molecule has 0 atom stereocenters. The molecule has 0 unspecified atom stereocenters. The second kappa shape index (κ2) is 4.39. The average molecular weight is 229 g/mol. The van der Waals surface area contributed by atoms with Gasteiger partial charge in [-0.3, -0.25) is 4.79 Å². The van der Waals surface area contributed by atoms with Crippen LogP contribution in [-0.2, 0) is 4.79 Å². The number of amides is 1. The molecule has 0 spiro atoms. The Hall–Kier alpha value is -1.13. The van der Waals surface area contributed by atoms with Crippen molar-refractivity contribution < 1.29 is 4.79 Å². The van der Waals surface area contributed by atoms with Gasteiger partial charge in [-0.2, -0.15) is 0 Å². The Morgan fingerprint density at radius 3 is 2.71 bits per heavy atom. The number of carbonyl (C=O) groups is 1. The van der Waals surface area contributed by atoms with Crippen molar-refractivity contribution in [3.05, 3.63) is 28.8 Å². The maximum absolute atomic E-state index is 10.8. The van der Waals surface area contributed by atoms with E-state index < -0.39 is 0 Å². The summed E-state index contributed by atoms with van der Waals surface area (Å²) in [5, 5.41) is 3.04. The van der Waals surface area contributed by atoms with Crippen molar-refractivity contribution in [3.63, 3.8) is 0 Å². The summed E-state index contributed by atoms with van der Waals surface area (Å²) < 4.78 is 0. The van der Waals surface area contributed by atoms with Crippen LogP contribution in [0.3, 0.4) is 0 Å². The molecule has 1 amide bonds. The standard InChI is InChI=1S/C9H9ClN2OS/c1-5(13)12-8-4-6(9(11)14)2-3-7(8)10/h2-4H,1H3,(H2,11,14)(H,12,13). The van der Waals surface area contributed by atoms with Gasteiger partial charge in [-0.05, 0) is 12.1 Å². The molecule has 74 valence electrons. The maximum Gasteiger partial charge on any atom is 0.221 e. The van der Waals surface area contributed by atoms with Gasteiger partial charge in [0.25, 0.3) is 0 Å². The normalized spacial score (nSPS) is 9.57. The molecule has 1 rings (SSSR count). The molecule has 0 heterocycles. The lowest BCUT2D eigenvalue weighted by molar-refractivity contribution is -0.114. The van der Waals surface area contributed by atoms with Crippen LogP contribution >= 0.6 is 23.8 Å². The highest BCUT2D eigenvalue weighted by Gasteiger charge is 2.04. The third-order valence-corrected chi connectivity index (χ3v) is 2.13. The van der Waals surface area contributed by atoms with Gasteiger partial charge in [0.15, 0.2) is 0 Å². The number of anilines is 1. The van der Waals surface area contributed by atoms with Gasteiger partial charge in [-0.15, -0.1) is 0 Å². The lowest BCUT2D eigenvalue weighted by atomic mass is 10.2. The Kier molecular flexibility index (Phi) is 3.43. The van der Waals surface area contributed by atoms with E-state index >= 15 is 0 Å². The van der Waals surface area contributed by atoms with Crippen molar-refractivity contribution in [2.45, 2.75) is 6.92 Å². The SMILES string of the molecule is CC(=O)Nc1cc(C(N)=S)ccc1Cl. The summed E-state index contributed by atoms with van der Waals surface area (Å²) in [4.78, 5) is 11.1. The molecule has 0 fully saturated rings. The first-order chi connectivity index (χ1) is 6.50. The van der Waals surface area contributed by atoms with Crippen LogP contribution in [-0.4, -0.2) is 10.9 Å². The molecule has 0 saturated heterocycles. The van der Waals surface area contributed by atoms with Gasteiger partial charge in [0.2, 0.25) is 5.91 Å². The van der Waals surface area contributed by atoms with Crippen LogP contribution in [0.15, 0.2) is 18.2 Å². The molecule has 0 aliphatic heterocycles. The van der Waals surface area contributed by atoms with Gasteiger partial charge >= 0.3 is 0 Å². The Labute approximate surface area is 92.2 Å². The number of benzene rings is 1. The first-order valence-corrected chi connectivity index (χ1v) is 4.66. The van der Waals surface area contributed by atoms with Crippen molar-refractivity contribution in [2.24, 2.45) is 5.73 Å². The van der Waals surface area contributed by atoms with Gasteiger partial charge in [0.05, 0.1) is 10.7 Å². The van der Waals surface area contributed by atoms with Crippen LogP contribution in [0.1, 0.15) is 12.5 Å². The molecule has 0 aromatic heterocycles. The largest absolute Gasteiger partial charge is 0.389 e.